The van der Waals surface area contributed by atoms with Gasteiger partial charge in [-0.25, -0.2) is 0 Å². The van der Waals surface area contributed by atoms with Gasteiger partial charge in [0, 0.05) is 13.6 Å². The molecule has 1 atom stereocenters. The van der Waals surface area contributed by atoms with Crippen molar-refractivity contribution >= 4 is 11.8 Å². The lowest BCUT2D eigenvalue weighted by atomic mass is 10.1. The Labute approximate surface area is 149 Å². The fourth-order valence-corrected chi connectivity index (χ4v) is 2.78. The molecule has 0 saturated heterocycles. The molecule has 0 aliphatic heterocycles. The van der Waals surface area contributed by atoms with Crippen LogP contribution in [0.2, 0.25) is 0 Å². The van der Waals surface area contributed by atoms with Gasteiger partial charge in [0.15, 0.2) is 0 Å². The van der Waals surface area contributed by atoms with Crippen molar-refractivity contribution in [2.45, 2.75) is 39.8 Å². The monoisotopic (exact) mass is 338 g/mol. The van der Waals surface area contributed by atoms with E-state index in [1.54, 1.807) is 18.9 Å². The number of carbonyl (C=O) groups is 2. The minimum Gasteiger partial charge on any atom is -0.357 e. The van der Waals surface area contributed by atoms with Gasteiger partial charge in [-0.05, 0) is 31.9 Å². The molecule has 0 heterocycles. The summed E-state index contributed by atoms with van der Waals surface area (Å²) in [6, 6.07) is 15.4. The van der Waals surface area contributed by atoms with Gasteiger partial charge >= 0.3 is 0 Å². The van der Waals surface area contributed by atoms with Gasteiger partial charge in [-0.15, -0.1) is 0 Å². The summed E-state index contributed by atoms with van der Waals surface area (Å²) >= 11 is 0. The smallest absolute Gasteiger partial charge is 0.242 e. The first-order chi connectivity index (χ1) is 11.9. The van der Waals surface area contributed by atoms with Gasteiger partial charge in [0.1, 0.15) is 6.04 Å². The molecule has 2 aromatic carbocycles. The lowest BCUT2D eigenvalue weighted by Gasteiger charge is -2.28. The third-order valence-electron chi connectivity index (χ3n) is 4.33. The van der Waals surface area contributed by atoms with E-state index in [1.165, 1.54) is 5.56 Å². The van der Waals surface area contributed by atoms with Crippen molar-refractivity contribution < 1.29 is 9.59 Å². The Morgan fingerprint density at radius 3 is 2.28 bits per heavy atom. The number of nitrogens with zero attached hydrogens (tertiary/aromatic N) is 1. The van der Waals surface area contributed by atoms with E-state index in [-0.39, 0.29) is 18.2 Å². The van der Waals surface area contributed by atoms with Crippen molar-refractivity contribution in [3.63, 3.8) is 0 Å². The summed E-state index contributed by atoms with van der Waals surface area (Å²) < 4.78 is 0. The predicted octanol–water partition coefficient (Wildman–Crippen LogP) is 3.01. The molecule has 0 aromatic heterocycles. The predicted molar refractivity (Wildman–Crippen MR) is 100 cm³/mol. The Morgan fingerprint density at radius 2 is 1.68 bits per heavy atom. The second-order valence-electron chi connectivity index (χ2n) is 6.46. The highest BCUT2D eigenvalue weighted by molar-refractivity contribution is 5.88. The van der Waals surface area contributed by atoms with Crippen LogP contribution in [-0.4, -0.2) is 29.8 Å². The van der Waals surface area contributed by atoms with Crippen LogP contribution in [0.25, 0.3) is 0 Å². The number of benzene rings is 2. The zero-order valence-electron chi connectivity index (χ0n) is 15.4. The first-order valence-electron chi connectivity index (χ1n) is 8.53. The van der Waals surface area contributed by atoms with E-state index in [2.05, 4.69) is 5.32 Å². The molecule has 132 valence electrons. The highest BCUT2D eigenvalue weighted by Crippen LogP contribution is 2.14. The Morgan fingerprint density at radius 1 is 1.00 bits per heavy atom. The number of nitrogens with one attached hydrogen (secondary N) is 1. The van der Waals surface area contributed by atoms with E-state index in [4.69, 9.17) is 0 Å². The van der Waals surface area contributed by atoms with E-state index in [0.717, 1.165) is 16.7 Å². The molecule has 4 heteroatoms. The molecule has 2 rings (SSSR count). The number of likely N-dealkylation sites (N-methyl/N-ethyl adjacent to an activating group) is 1. The maximum atomic E-state index is 12.9. The minimum atomic E-state index is -0.524. The molecule has 1 unspecified atom stereocenters. The van der Waals surface area contributed by atoms with Crippen LogP contribution in [-0.2, 0) is 22.6 Å². The SMILES string of the molecule is CNC(=O)C(C)N(Cc1ccc(C)cc1)C(=O)Cc1cccc(C)c1. The molecular weight excluding hydrogens is 312 g/mol. The van der Waals surface area contributed by atoms with Crippen LogP contribution < -0.4 is 5.32 Å². The zero-order chi connectivity index (χ0) is 18.4. The molecule has 0 spiro atoms. The summed E-state index contributed by atoms with van der Waals surface area (Å²) in [5, 5.41) is 2.64. The first kappa shape index (κ1) is 18.7. The van der Waals surface area contributed by atoms with Gasteiger partial charge in [-0.1, -0.05) is 59.7 Å². The number of carbonyl (C=O) groups excluding carboxylic acids is 2. The van der Waals surface area contributed by atoms with Gasteiger partial charge in [0.25, 0.3) is 0 Å². The topological polar surface area (TPSA) is 49.4 Å². The van der Waals surface area contributed by atoms with Gasteiger partial charge in [0.2, 0.25) is 11.8 Å². The Kier molecular flexibility index (Phi) is 6.34. The summed E-state index contributed by atoms with van der Waals surface area (Å²) in [5.74, 6) is -0.216. The highest BCUT2D eigenvalue weighted by atomic mass is 16.2. The third-order valence-corrected chi connectivity index (χ3v) is 4.33. The van der Waals surface area contributed by atoms with Crippen LogP contribution in [0.4, 0.5) is 0 Å². The summed E-state index contributed by atoms with van der Waals surface area (Å²) in [4.78, 5) is 26.7. The number of rotatable bonds is 6. The molecule has 4 nitrogen and oxygen atoms in total. The fraction of sp³-hybridized carbons (Fsp3) is 0.333. The van der Waals surface area contributed by atoms with Crippen LogP contribution in [0.15, 0.2) is 48.5 Å². The molecule has 0 aliphatic rings. The zero-order valence-corrected chi connectivity index (χ0v) is 15.4. The number of hydrogen-bond acceptors (Lipinski definition) is 2. The molecular formula is C21H26N2O2. The van der Waals surface area contributed by atoms with Crippen molar-refractivity contribution in [2.75, 3.05) is 7.05 Å². The Bertz CT molecular complexity index is 738. The second-order valence-corrected chi connectivity index (χ2v) is 6.46. The molecule has 0 bridgehead atoms. The van der Waals surface area contributed by atoms with Crippen LogP contribution in [0.1, 0.15) is 29.2 Å². The summed E-state index contributed by atoms with van der Waals surface area (Å²) in [7, 11) is 1.59. The van der Waals surface area contributed by atoms with Crippen LogP contribution in [0.5, 0.6) is 0 Å². The normalized spacial score (nSPS) is 11.7. The largest absolute Gasteiger partial charge is 0.357 e. The fourth-order valence-electron chi connectivity index (χ4n) is 2.78. The lowest BCUT2D eigenvalue weighted by Crippen LogP contribution is -2.47. The summed E-state index contributed by atoms with van der Waals surface area (Å²) in [6.45, 7) is 6.21. The first-order valence-corrected chi connectivity index (χ1v) is 8.53. The van der Waals surface area contributed by atoms with Crippen LogP contribution in [0.3, 0.4) is 0 Å². The highest BCUT2D eigenvalue weighted by Gasteiger charge is 2.25. The van der Waals surface area contributed by atoms with Crippen molar-refractivity contribution in [2.24, 2.45) is 0 Å². The van der Waals surface area contributed by atoms with E-state index >= 15 is 0 Å². The van der Waals surface area contributed by atoms with Crippen molar-refractivity contribution in [1.29, 1.82) is 0 Å². The standard InChI is InChI=1S/C21H26N2O2/c1-15-8-10-18(11-9-15)14-23(17(3)21(25)22-4)20(24)13-19-7-5-6-16(2)12-19/h5-12,17H,13-14H2,1-4H3,(H,22,25). The number of aryl methyl sites for hydroxylation is 2. The van der Waals surface area contributed by atoms with Gasteiger partial charge in [-0.3, -0.25) is 9.59 Å². The number of amides is 2. The molecule has 0 fully saturated rings. The van der Waals surface area contributed by atoms with Gasteiger partial charge < -0.3 is 10.2 Å². The molecule has 2 aromatic rings. The van der Waals surface area contributed by atoms with Crippen LogP contribution >= 0.6 is 0 Å². The van der Waals surface area contributed by atoms with E-state index in [9.17, 15) is 9.59 Å². The van der Waals surface area contributed by atoms with E-state index in [1.807, 2.05) is 62.4 Å². The van der Waals surface area contributed by atoms with E-state index < -0.39 is 6.04 Å². The third kappa shape index (κ3) is 5.18. The lowest BCUT2D eigenvalue weighted by molar-refractivity contribution is -0.139. The molecule has 2 amide bonds. The molecule has 25 heavy (non-hydrogen) atoms. The Hall–Kier alpha value is -2.62. The van der Waals surface area contributed by atoms with Crippen molar-refractivity contribution in [3.8, 4) is 0 Å². The van der Waals surface area contributed by atoms with Crippen molar-refractivity contribution in [1.82, 2.24) is 10.2 Å². The van der Waals surface area contributed by atoms with Gasteiger partial charge in [0.05, 0.1) is 6.42 Å². The van der Waals surface area contributed by atoms with Crippen LogP contribution in [0, 0.1) is 13.8 Å². The molecule has 1 N–H and O–H groups in total. The average molecular weight is 338 g/mol. The second kappa shape index (κ2) is 8.47. The minimum absolute atomic E-state index is 0.0534. The molecule has 0 radical (unpaired) electrons. The maximum Gasteiger partial charge on any atom is 0.242 e. The van der Waals surface area contributed by atoms with Gasteiger partial charge in [-0.2, -0.15) is 0 Å². The summed E-state index contributed by atoms with van der Waals surface area (Å²) in [5.41, 5.74) is 4.26. The Balaban J connectivity index is 2.21. The molecule has 0 saturated carbocycles. The maximum absolute atomic E-state index is 12.9. The average Bonchev–Trinajstić information content (AvgIpc) is 2.59. The quantitative estimate of drug-likeness (QED) is 0.880. The summed E-state index contributed by atoms with van der Waals surface area (Å²) in [6.07, 6.45) is 0.287. The molecule has 0 aliphatic carbocycles. The van der Waals surface area contributed by atoms with E-state index in [0.29, 0.717) is 6.54 Å². The number of hydrogen-bond donors (Lipinski definition) is 1. The van der Waals surface area contributed by atoms with Crippen molar-refractivity contribution in [3.05, 3.63) is 70.8 Å².